The standard InChI is InChI=1S/C4H6BrIN2O2/c5-1(3(7)9)2(6)4(8)10/h1-2H,(H2,7,9)(H2,8,10). The van der Waals surface area contributed by atoms with Gasteiger partial charge in [-0.05, 0) is 0 Å². The average Bonchev–Trinajstić information content (AvgIpc) is 1.84. The van der Waals surface area contributed by atoms with Crippen LogP contribution in [0.4, 0.5) is 0 Å². The molecule has 0 aromatic carbocycles. The van der Waals surface area contributed by atoms with Crippen LogP contribution in [-0.2, 0) is 9.59 Å². The van der Waals surface area contributed by atoms with Crippen molar-refractivity contribution in [1.29, 1.82) is 0 Å². The fourth-order valence-corrected chi connectivity index (χ4v) is 0.903. The van der Waals surface area contributed by atoms with E-state index >= 15 is 0 Å². The highest BCUT2D eigenvalue weighted by atomic mass is 127. The zero-order valence-corrected chi connectivity index (χ0v) is 8.63. The van der Waals surface area contributed by atoms with Gasteiger partial charge >= 0.3 is 0 Å². The Kier molecular flexibility index (Phi) is 4.18. The van der Waals surface area contributed by atoms with Gasteiger partial charge in [-0.25, -0.2) is 0 Å². The average molecular weight is 321 g/mol. The highest BCUT2D eigenvalue weighted by molar-refractivity contribution is 14.1. The maximum Gasteiger partial charge on any atom is 0.232 e. The van der Waals surface area contributed by atoms with Gasteiger partial charge in [0.15, 0.2) is 0 Å². The molecule has 0 radical (unpaired) electrons. The maximum atomic E-state index is 10.4. The number of alkyl halides is 2. The van der Waals surface area contributed by atoms with Crippen molar-refractivity contribution in [3.8, 4) is 0 Å². The van der Waals surface area contributed by atoms with Crippen LogP contribution in [0, 0.1) is 0 Å². The van der Waals surface area contributed by atoms with Crippen molar-refractivity contribution in [2.75, 3.05) is 0 Å². The molecule has 0 spiro atoms. The van der Waals surface area contributed by atoms with Crippen molar-refractivity contribution in [2.45, 2.75) is 8.75 Å². The molecule has 0 heterocycles. The molecule has 0 saturated heterocycles. The van der Waals surface area contributed by atoms with Crippen molar-refractivity contribution >= 4 is 50.3 Å². The van der Waals surface area contributed by atoms with E-state index in [-0.39, 0.29) is 0 Å². The van der Waals surface area contributed by atoms with Gasteiger partial charge in [0, 0.05) is 0 Å². The third-order valence-electron chi connectivity index (χ3n) is 0.801. The summed E-state index contributed by atoms with van der Waals surface area (Å²) in [7, 11) is 0. The van der Waals surface area contributed by atoms with E-state index < -0.39 is 20.6 Å². The molecule has 0 rings (SSSR count). The van der Waals surface area contributed by atoms with Crippen molar-refractivity contribution in [1.82, 2.24) is 0 Å². The van der Waals surface area contributed by atoms with Crippen LogP contribution >= 0.6 is 38.5 Å². The predicted octanol–water partition coefficient (Wildman–Crippen LogP) is -0.476. The van der Waals surface area contributed by atoms with Gasteiger partial charge in [0.1, 0.15) is 8.75 Å². The van der Waals surface area contributed by atoms with Crippen LogP contribution in [0.25, 0.3) is 0 Å². The molecule has 10 heavy (non-hydrogen) atoms. The summed E-state index contributed by atoms with van der Waals surface area (Å²) in [4.78, 5) is 20.2. The topological polar surface area (TPSA) is 86.2 Å². The molecule has 0 fully saturated rings. The SMILES string of the molecule is NC(=O)C(Br)C(I)C(N)=O. The molecule has 58 valence electrons. The summed E-state index contributed by atoms with van der Waals surface area (Å²) in [5.41, 5.74) is 9.77. The molecule has 0 bridgehead atoms. The van der Waals surface area contributed by atoms with E-state index in [1.807, 2.05) is 0 Å². The molecule has 2 amide bonds. The third kappa shape index (κ3) is 2.82. The number of carbonyl (C=O) groups excluding carboxylic acids is 2. The predicted molar refractivity (Wildman–Crippen MR) is 48.9 cm³/mol. The fraction of sp³-hybridized carbons (Fsp3) is 0.500. The Balaban J connectivity index is 4.07. The summed E-state index contributed by atoms with van der Waals surface area (Å²) in [6, 6.07) is 0. The summed E-state index contributed by atoms with van der Waals surface area (Å²) < 4.78 is -0.588. The number of rotatable bonds is 3. The van der Waals surface area contributed by atoms with Gasteiger partial charge in [0.25, 0.3) is 0 Å². The molecule has 0 saturated carbocycles. The molecular weight excluding hydrogens is 315 g/mol. The molecule has 2 atom stereocenters. The van der Waals surface area contributed by atoms with Crippen LogP contribution in [0.1, 0.15) is 0 Å². The van der Waals surface area contributed by atoms with Crippen molar-refractivity contribution < 1.29 is 9.59 Å². The van der Waals surface area contributed by atoms with Gasteiger partial charge in [-0.3, -0.25) is 9.59 Å². The van der Waals surface area contributed by atoms with Gasteiger partial charge in [0.2, 0.25) is 11.8 Å². The van der Waals surface area contributed by atoms with Crippen LogP contribution in [-0.4, -0.2) is 20.6 Å². The number of hydrogen-bond acceptors (Lipinski definition) is 2. The van der Waals surface area contributed by atoms with Gasteiger partial charge in [-0.1, -0.05) is 38.5 Å². The van der Waals surface area contributed by atoms with E-state index in [0.29, 0.717) is 0 Å². The van der Waals surface area contributed by atoms with Crippen molar-refractivity contribution in [3.05, 3.63) is 0 Å². The molecule has 4 nitrogen and oxygen atoms in total. The second-order valence-electron chi connectivity index (χ2n) is 1.61. The Morgan fingerprint density at radius 1 is 1.30 bits per heavy atom. The maximum absolute atomic E-state index is 10.4. The Morgan fingerprint density at radius 2 is 1.70 bits per heavy atom. The zero-order chi connectivity index (χ0) is 8.31. The second-order valence-corrected chi connectivity index (χ2v) is 3.94. The highest BCUT2D eigenvalue weighted by Gasteiger charge is 2.25. The lowest BCUT2D eigenvalue weighted by atomic mass is 10.3. The van der Waals surface area contributed by atoms with E-state index in [4.69, 9.17) is 11.5 Å². The lowest BCUT2D eigenvalue weighted by Gasteiger charge is -2.08. The van der Waals surface area contributed by atoms with Gasteiger partial charge in [0.05, 0.1) is 0 Å². The third-order valence-corrected chi connectivity index (χ3v) is 4.10. The number of amides is 2. The molecule has 0 aliphatic heterocycles. The highest BCUT2D eigenvalue weighted by Crippen LogP contribution is 2.13. The Bertz CT molecular complexity index is 145. The lowest BCUT2D eigenvalue weighted by molar-refractivity contribution is -0.121. The van der Waals surface area contributed by atoms with E-state index in [0.717, 1.165) is 0 Å². The first-order chi connectivity index (χ1) is 4.46. The Morgan fingerprint density at radius 3 is 1.80 bits per heavy atom. The zero-order valence-electron chi connectivity index (χ0n) is 4.88. The first-order valence-electron chi connectivity index (χ1n) is 2.33. The van der Waals surface area contributed by atoms with Crippen molar-refractivity contribution in [3.63, 3.8) is 0 Å². The van der Waals surface area contributed by atoms with Crippen molar-refractivity contribution in [2.24, 2.45) is 11.5 Å². The minimum Gasteiger partial charge on any atom is -0.369 e. The number of hydrogen-bond donors (Lipinski definition) is 2. The van der Waals surface area contributed by atoms with E-state index in [1.54, 1.807) is 22.6 Å². The normalized spacial score (nSPS) is 15.8. The summed E-state index contributed by atoms with van der Waals surface area (Å²) in [6.45, 7) is 0. The molecule has 4 N–H and O–H groups in total. The van der Waals surface area contributed by atoms with Gasteiger partial charge in [-0.2, -0.15) is 0 Å². The molecule has 0 aromatic heterocycles. The molecular formula is C4H6BrIN2O2. The van der Waals surface area contributed by atoms with Gasteiger partial charge < -0.3 is 11.5 Å². The van der Waals surface area contributed by atoms with E-state index in [1.165, 1.54) is 0 Å². The number of nitrogens with two attached hydrogens (primary N) is 2. The van der Waals surface area contributed by atoms with Crippen LogP contribution in [0.2, 0.25) is 0 Å². The summed E-state index contributed by atoms with van der Waals surface area (Å²) in [5, 5.41) is 0. The molecule has 2 unspecified atom stereocenters. The van der Waals surface area contributed by atoms with Crippen LogP contribution in [0.15, 0.2) is 0 Å². The van der Waals surface area contributed by atoms with E-state index in [2.05, 4.69) is 15.9 Å². The molecule has 0 aliphatic rings. The minimum absolute atomic E-state index is 0.554. The smallest absolute Gasteiger partial charge is 0.232 e. The van der Waals surface area contributed by atoms with E-state index in [9.17, 15) is 9.59 Å². The van der Waals surface area contributed by atoms with Crippen LogP contribution in [0.3, 0.4) is 0 Å². The second kappa shape index (κ2) is 4.12. The van der Waals surface area contributed by atoms with Crippen LogP contribution in [0.5, 0.6) is 0 Å². The van der Waals surface area contributed by atoms with Crippen LogP contribution < -0.4 is 11.5 Å². The molecule has 0 aromatic rings. The monoisotopic (exact) mass is 320 g/mol. The molecule has 6 heteroatoms. The summed E-state index contributed by atoms with van der Waals surface area (Å²) in [5.74, 6) is -1.14. The Labute approximate surface area is 80.0 Å². The number of halogens is 2. The lowest BCUT2D eigenvalue weighted by Crippen LogP contribution is -2.38. The summed E-state index contributed by atoms with van der Waals surface area (Å²) >= 11 is 4.68. The largest absolute Gasteiger partial charge is 0.369 e. The van der Waals surface area contributed by atoms with Gasteiger partial charge in [-0.15, -0.1) is 0 Å². The Hall–Kier alpha value is 0.150. The quantitative estimate of drug-likeness (QED) is 0.544. The number of primary amides is 2. The first-order valence-corrected chi connectivity index (χ1v) is 4.49. The number of carbonyl (C=O) groups is 2. The first kappa shape index (κ1) is 10.2. The fourth-order valence-electron chi connectivity index (χ4n) is 0.288. The minimum atomic E-state index is -0.675. The molecule has 0 aliphatic carbocycles. The summed E-state index contributed by atoms with van der Waals surface area (Å²) in [6.07, 6.45) is 0.